The highest BCUT2D eigenvalue weighted by Crippen LogP contribution is 2.32. The summed E-state index contributed by atoms with van der Waals surface area (Å²) in [5.41, 5.74) is 2.21. The summed E-state index contributed by atoms with van der Waals surface area (Å²) in [6.45, 7) is 4.44. The number of likely N-dealkylation sites (N-methyl/N-ethyl adjacent to an activating group) is 1. The molecule has 2 aliphatic rings. The van der Waals surface area contributed by atoms with Crippen molar-refractivity contribution >= 4 is 23.2 Å². The third-order valence-electron chi connectivity index (χ3n) is 5.10. The summed E-state index contributed by atoms with van der Waals surface area (Å²) in [7, 11) is 1.96. The Kier molecular flexibility index (Phi) is 5.59. The van der Waals surface area contributed by atoms with Crippen molar-refractivity contribution in [1.82, 2.24) is 9.80 Å². The zero-order chi connectivity index (χ0) is 19.5. The number of amides is 1. The Hall–Kier alpha value is -2.44. The minimum Gasteiger partial charge on any atom is -0.454 e. The van der Waals surface area contributed by atoms with E-state index in [-0.39, 0.29) is 12.7 Å². The van der Waals surface area contributed by atoms with Gasteiger partial charge in [0.1, 0.15) is 0 Å². The van der Waals surface area contributed by atoms with E-state index < -0.39 is 0 Å². The van der Waals surface area contributed by atoms with Crippen molar-refractivity contribution in [2.75, 3.05) is 51.5 Å². The van der Waals surface area contributed by atoms with Gasteiger partial charge < -0.3 is 19.3 Å². The molecule has 1 saturated heterocycles. The summed E-state index contributed by atoms with van der Waals surface area (Å²) in [5, 5.41) is 0.737. The van der Waals surface area contributed by atoms with E-state index in [1.54, 1.807) is 0 Å². The third-order valence-corrected chi connectivity index (χ3v) is 5.34. The van der Waals surface area contributed by atoms with Crippen molar-refractivity contribution in [3.63, 3.8) is 0 Å². The van der Waals surface area contributed by atoms with Gasteiger partial charge in [-0.2, -0.15) is 0 Å². The molecule has 28 heavy (non-hydrogen) atoms. The fraction of sp³-hybridized carbons (Fsp3) is 0.381. The molecule has 0 unspecified atom stereocenters. The van der Waals surface area contributed by atoms with Crippen molar-refractivity contribution in [3.05, 3.63) is 53.1 Å². The van der Waals surface area contributed by atoms with Gasteiger partial charge >= 0.3 is 0 Å². The number of halogens is 1. The number of carbonyl (C=O) groups is 1. The number of hydrogen-bond donors (Lipinski definition) is 0. The number of nitrogens with zero attached hydrogens (tertiary/aromatic N) is 3. The van der Waals surface area contributed by atoms with Gasteiger partial charge in [-0.1, -0.05) is 23.7 Å². The Morgan fingerprint density at radius 3 is 2.64 bits per heavy atom. The maximum atomic E-state index is 12.7. The molecular formula is C21H24ClN3O3. The molecule has 0 aromatic heterocycles. The van der Waals surface area contributed by atoms with E-state index in [1.807, 2.05) is 53.2 Å². The van der Waals surface area contributed by atoms with Gasteiger partial charge in [-0.3, -0.25) is 9.69 Å². The Labute approximate surface area is 170 Å². The maximum Gasteiger partial charge on any atom is 0.236 e. The summed E-state index contributed by atoms with van der Waals surface area (Å²) < 4.78 is 10.8. The number of anilines is 1. The normalized spacial score (nSPS) is 16.0. The largest absolute Gasteiger partial charge is 0.454 e. The van der Waals surface area contributed by atoms with Gasteiger partial charge in [-0.05, 0) is 42.9 Å². The summed E-state index contributed by atoms with van der Waals surface area (Å²) in [6.07, 6.45) is 0. The van der Waals surface area contributed by atoms with Gasteiger partial charge in [0.25, 0.3) is 0 Å². The first-order chi connectivity index (χ1) is 13.6. The molecule has 0 bridgehead atoms. The molecule has 4 rings (SSSR count). The van der Waals surface area contributed by atoms with Gasteiger partial charge in [-0.25, -0.2) is 0 Å². The second kappa shape index (κ2) is 8.29. The molecule has 2 aromatic rings. The van der Waals surface area contributed by atoms with Crippen LogP contribution in [-0.2, 0) is 11.3 Å². The molecule has 0 N–H and O–H groups in total. The van der Waals surface area contributed by atoms with Crippen LogP contribution < -0.4 is 14.4 Å². The van der Waals surface area contributed by atoms with E-state index in [0.29, 0.717) is 13.1 Å². The summed E-state index contributed by atoms with van der Waals surface area (Å²) in [6, 6.07) is 13.8. The van der Waals surface area contributed by atoms with Gasteiger partial charge in [0.15, 0.2) is 11.5 Å². The smallest absolute Gasteiger partial charge is 0.236 e. The lowest BCUT2D eigenvalue weighted by molar-refractivity contribution is -0.132. The molecule has 1 amide bonds. The predicted molar refractivity (Wildman–Crippen MR) is 109 cm³/mol. The highest BCUT2D eigenvalue weighted by molar-refractivity contribution is 6.30. The highest BCUT2D eigenvalue weighted by atomic mass is 35.5. The second-order valence-corrected chi connectivity index (χ2v) is 7.64. The van der Waals surface area contributed by atoms with E-state index in [1.165, 1.54) is 0 Å². The SMILES string of the molecule is CN(CC(=O)N1CCN(c2cccc(Cl)c2)CC1)Cc1ccc2c(c1)OCO2. The molecule has 148 valence electrons. The number of hydrogen-bond acceptors (Lipinski definition) is 5. The van der Waals surface area contributed by atoms with Gasteiger partial charge in [0.05, 0.1) is 6.54 Å². The van der Waals surface area contributed by atoms with E-state index in [2.05, 4.69) is 11.0 Å². The molecule has 0 atom stereocenters. The molecule has 1 fully saturated rings. The van der Waals surface area contributed by atoms with Crippen molar-refractivity contribution in [1.29, 1.82) is 0 Å². The number of carbonyl (C=O) groups excluding carboxylic acids is 1. The average molecular weight is 402 g/mol. The number of fused-ring (bicyclic) bond motifs is 1. The molecule has 6 nitrogen and oxygen atoms in total. The minimum atomic E-state index is 0.161. The number of benzene rings is 2. The average Bonchev–Trinajstić information content (AvgIpc) is 3.16. The Morgan fingerprint density at radius 1 is 1.07 bits per heavy atom. The van der Waals surface area contributed by atoms with Crippen molar-refractivity contribution < 1.29 is 14.3 Å². The van der Waals surface area contributed by atoms with E-state index in [4.69, 9.17) is 21.1 Å². The number of piperazine rings is 1. The first kappa shape index (κ1) is 18.9. The minimum absolute atomic E-state index is 0.161. The lowest BCUT2D eigenvalue weighted by Gasteiger charge is -2.36. The van der Waals surface area contributed by atoms with Crippen LogP contribution in [0.5, 0.6) is 11.5 Å². The van der Waals surface area contributed by atoms with Crippen LogP contribution in [0.1, 0.15) is 5.56 Å². The molecular weight excluding hydrogens is 378 g/mol. The van der Waals surface area contributed by atoms with Crippen LogP contribution in [-0.4, -0.2) is 62.3 Å². The van der Waals surface area contributed by atoms with Gasteiger partial charge in [0.2, 0.25) is 12.7 Å². The van der Waals surface area contributed by atoms with Crippen LogP contribution >= 0.6 is 11.6 Å². The summed E-state index contributed by atoms with van der Waals surface area (Å²) in [4.78, 5) is 18.9. The third kappa shape index (κ3) is 4.34. The van der Waals surface area contributed by atoms with Crippen molar-refractivity contribution in [3.8, 4) is 11.5 Å². The van der Waals surface area contributed by atoms with Crippen molar-refractivity contribution in [2.24, 2.45) is 0 Å². The van der Waals surface area contributed by atoms with Crippen LogP contribution in [0.15, 0.2) is 42.5 Å². The Bertz CT molecular complexity index is 853. The highest BCUT2D eigenvalue weighted by Gasteiger charge is 2.22. The quantitative estimate of drug-likeness (QED) is 0.771. The topological polar surface area (TPSA) is 45.3 Å². The number of ether oxygens (including phenoxy) is 2. The zero-order valence-electron chi connectivity index (χ0n) is 15.9. The van der Waals surface area contributed by atoms with Crippen LogP contribution in [0.3, 0.4) is 0 Å². The standard InChI is InChI=1S/C21H24ClN3O3/c1-23(13-16-5-6-19-20(11-16)28-15-27-19)14-21(26)25-9-7-24(8-10-25)18-4-2-3-17(22)12-18/h2-6,11-12H,7-10,13-15H2,1H3. The Morgan fingerprint density at radius 2 is 1.86 bits per heavy atom. The summed E-state index contributed by atoms with van der Waals surface area (Å²) >= 11 is 6.09. The first-order valence-corrected chi connectivity index (χ1v) is 9.81. The van der Waals surface area contributed by atoms with Crippen LogP contribution in [0.25, 0.3) is 0 Å². The molecule has 2 aromatic carbocycles. The molecule has 0 saturated carbocycles. The zero-order valence-corrected chi connectivity index (χ0v) is 16.7. The molecule has 7 heteroatoms. The molecule has 0 aliphatic carbocycles. The number of rotatable bonds is 5. The monoisotopic (exact) mass is 401 g/mol. The predicted octanol–water partition coefficient (Wildman–Crippen LogP) is 2.85. The molecule has 0 radical (unpaired) electrons. The van der Waals surface area contributed by atoms with Crippen molar-refractivity contribution in [2.45, 2.75) is 6.54 Å². The lowest BCUT2D eigenvalue weighted by Crippen LogP contribution is -2.51. The summed E-state index contributed by atoms with van der Waals surface area (Å²) in [5.74, 6) is 1.71. The second-order valence-electron chi connectivity index (χ2n) is 7.21. The molecule has 2 aliphatic heterocycles. The van der Waals surface area contributed by atoms with E-state index in [0.717, 1.165) is 54.0 Å². The maximum absolute atomic E-state index is 12.7. The molecule has 2 heterocycles. The van der Waals surface area contributed by atoms with Crippen LogP contribution in [0, 0.1) is 0 Å². The fourth-order valence-corrected chi connectivity index (χ4v) is 3.81. The Balaban J connectivity index is 1.27. The fourth-order valence-electron chi connectivity index (χ4n) is 3.62. The van der Waals surface area contributed by atoms with E-state index >= 15 is 0 Å². The molecule has 0 spiro atoms. The van der Waals surface area contributed by atoms with Crippen LogP contribution in [0.2, 0.25) is 5.02 Å². The van der Waals surface area contributed by atoms with Gasteiger partial charge in [0, 0.05) is 43.4 Å². The first-order valence-electron chi connectivity index (χ1n) is 9.44. The van der Waals surface area contributed by atoms with E-state index in [9.17, 15) is 4.79 Å². The van der Waals surface area contributed by atoms with Crippen LogP contribution in [0.4, 0.5) is 5.69 Å². The lowest BCUT2D eigenvalue weighted by atomic mass is 10.2. The van der Waals surface area contributed by atoms with Gasteiger partial charge in [-0.15, -0.1) is 0 Å².